The van der Waals surface area contributed by atoms with E-state index in [0.29, 0.717) is 11.1 Å². The summed E-state index contributed by atoms with van der Waals surface area (Å²) in [6, 6.07) is 10.4. The second-order valence-corrected chi connectivity index (χ2v) is 6.57. The predicted octanol–water partition coefficient (Wildman–Crippen LogP) is -6.16. The first-order valence-corrected chi connectivity index (χ1v) is 8.65. The van der Waals surface area contributed by atoms with Gasteiger partial charge in [-0.05, 0) is 29.7 Å². The van der Waals surface area contributed by atoms with Gasteiger partial charge in [-0.1, -0.05) is 24.3 Å². The van der Waals surface area contributed by atoms with Crippen molar-refractivity contribution in [1.29, 1.82) is 0 Å². The second-order valence-electron chi connectivity index (χ2n) is 6.57. The first kappa shape index (κ1) is 25.3. The largest absolute Gasteiger partial charge is 1.00 e. The van der Waals surface area contributed by atoms with Gasteiger partial charge in [0.25, 0.3) is 0 Å². The first-order chi connectivity index (χ1) is 13.8. The van der Waals surface area contributed by atoms with Gasteiger partial charge >= 0.3 is 59.1 Å². The van der Waals surface area contributed by atoms with E-state index in [1.54, 1.807) is 24.3 Å². The van der Waals surface area contributed by atoms with Gasteiger partial charge in [-0.2, -0.15) is 0 Å². The molecule has 146 valence electrons. The third-order valence-electron chi connectivity index (χ3n) is 4.72. The number of hydrogen-bond acceptors (Lipinski definition) is 8. The molecule has 0 N–H and O–H groups in total. The Bertz CT molecular complexity index is 1250. The van der Waals surface area contributed by atoms with Crippen LogP contribution in [0.25, 0.3) is 11.0 Å². The van der Waals surface area contributed by atoms with E-state index in [1.807, 2.05) is 0 Å². The van der Waals surface area contributed by atoms with E-state index in [0.717, 1.165) is 6.07 Å². The van der Waals surface area contributed by atoms with Gasteiger partial charge in [-0.3, -0.25) is 9.59 Å². The number of rotatable bonds is 4. The molecule has 1 aliphatic rings. The van der Waals surface area contributed by atoms with Crippen LogP contribution in [0.3, 0.4) is 0 Å². The number of benzene rings is 2. The summed E-state index contributed by atoms with van der Waals surface area (Å²) in [7, 11) is 0. The van der Waals surface area contributed by atoms with Crippen molar-refractivity contribution in [3.63, 3.8) is 0 Å². The molecule has 0 bridgehead atoms. The molecule has 1 aliphatic heterocycles. The maximum absolute atomic E-state index is 12.5. The van der Waals surface area contributed by atoms with Gasteiger partial charge in [-0.15, -0.1) is 0 Å². The number of carboxylic acids is 2. The number of carbonyl (C=O) groups excluding carboxylic acids is 3. The minimum absolute atomic E-state index is 0. The number of carboxylic acid groups (broad SMARTS) is 2. The number of carbonyl (C=O) groups is 3. The smallest absolute Gasteiger partial charge is 0.546 e. The van der Waals surface area contributed by atoms with E-state index in [1.165, 1.54) is 12.1 Å². The van der Waals surface area contributed by atoms with E-state index >= 15 is 0 Å². The van der Waals surface area contributed by atoms with E-state index in [9.17, 15) is 29.4 Å². The molecule has 0 amide bonds. The van der Waals surface area contributed by atoms with Crippen molar-refractivity contribution in [2.45, 2.75) is 18.9 Å². The third kappa shape index (κ3) is 4.95. The number of aromatic carboxylic acids is 1. The average Bonchev–Trinajstić information content (AvgIpc) is 2.67. The summed E-state index contributed by atoms with van der Waals surface area (Å²) >= 11 is 0. The third-order valence-corrected chi connectivity index (χ3v) is 4.72. The fourth-order valence-electron chi connectivity index (χ4n) is 3.47. The summed E-state index contributed by atoms with van der Waals surface area (Å²) in [5, 5.41) is 22.3. The predicted molar refractivity (Wildman–Crippen MR) is 94.4 cm³/mol. The van der Waals surface area contributed by atoms with E-state index in [2.05, 4.69) is 0 Å². The molecule has 3 aromatic rings. The molecule has 2 heterocycles. The maximum atomic E-state index is 12.5. The molecule has 0 saturated heterocycles. The average molecular weight is 438 g/mol. The Morgan fingerprint density at radius 3 is 2.35 bits per heavy atom. The van der Waals surface area contributed by atoms with Crippen LogP contribution in [-0.4, -0.2) is 23.8 Å². The van der Waals surface area contributed by atoms with E-state index in [4.69, 9.17) is 9.15 Å². The van der Waals surface area contributed by atoms with E-state index in [-0.39, 0.29) is 94.2 Å². The number of aliphatic carboxylic acids is 1. The van der Waals surface area contributed by atoms with Crippen molar-refractivity contribution >= 4 is 28.7 Å². The number of hydrogen-bond donors (Lipinski definition) is 0. The molecule has 1 unspecified atom stereocenters. The molecular formula is C21H12Na2O8. The quantitative estimate of drug-likeness (QED) is 0.367. The summed E-state index contributed by atoms with van der Waals surface area (Å²) in [4.78, 5) is 47.1. The molecule has 8 nitrogen and oxygen atoms in total. The monoisotopic (exact) mass is 438 g/mol. The molecular weight excluding hydrogens is 426 g/mol. The number of Topliss-reactive ketones (excluding diaryl/α,β-unsaturated/α-hetero) is 1. The van der Waals surface area contributed by atoms with Crippen molar-refractivity contribution in [3.05, 3.63) is 75.1 Å². The molecule has 0 radical (unpaired) electrons. The molecule has 0 spiro atoms. The maximum Gasteiger partial charge on any atom is 1.00 e. The Balaban J connectivity index is 0.00000171. The standard InChI is InChI=1S/C21H14O8.2Na/c22-12-8-16(20(24)25)28-14-5-1-3-10(18(12)14)7-11-4-2-6-15-19(11)13(23)9-17(29-15)21(26)27;;/h1-6,8,17H,7,9H2,(H,24,25)(H,26,27);;/q;2*+1/p-2. The van der Waals surface area contributed by atoms with Crippen molar-refractivity contribution in [3.8, 4) is 5.75 Å². The van der Waals surface area contributed by atoms with Crippen LogP contribution in [0.4, 0.5) is 0 Å². The zero-order valence-corrected chi connectivity index (χ0v) is 20.8. The Morgan fingerprint density at radius 2 is 1.68 bits per heavy atom. The minimum Gasteiger partial charge on any atom is -0.546 e. The Kier molecular flexibility index (Phi) is 8.27. The second kappa shape index (κ2) is 10.1. The van der Waals surface area contributed by atoms with Crippen LogP contribution in [0.15, 0.2) is 51.7 Å². The van der Waals surface area contributed by atoms with Crippen LogP contribution < -0.4 is 79.5 Å². The summed E-state index contributed by atoms with van der Waals surface area (Å²) in [5.41, 5.74) is 0.839. The number of ketones is 1. The summed E-state index contributed by atoms with van der Waals surface area (Å²) in [5.74, 6) is -3.91. The molecule has 2 aromatic carbocycles. The summed E-state index contributed by atoms with van der Waals surface area (Å²) < 4.78 is 10.6. The van der Waals surface area contributed by atoms with Gasteiger partial charge in [-0.25, -0.2) is 0 Å². The first-order valence-electron chi connectivity index (χ1n) is 8.65. The van der Waals surface area contributed by atoms with Crippen molar-refractivity contribution in [1.82, 2.24) is 0 Å². The van der Waals surface area contributed by atoms with Gasteiger partial charge in [0, 0.05) is 6.07 Å². The van der Waals surface area contributed by atoms with Crippen LogP contribution in [0.5, 0.6) is 5.75 Å². The fourth-order valence-corrected chi connectivity index (χ4v) is 3.47. The molecule has 1 atom stereocenters. The van der Waals surface area contributed by atoms with Crippen LogP contribution in [-0.2, 0) is 11.2 Å². The molecule has 1 aromatic heterocycles. The van der Waals surface area contributed by atoms with Crippen LogP contribution in [0.2, 0.25) is 0 Å². The van der Waals surface area contributed by atoms with Crippen LogP contribution in [0, 0.1) is 0 Å². The minimum atomic E-state index is -1.60. The van der Waals surface area contributed by atoms with Crippen LogP contribution in [0.1, 0.15) is 38.5 Å². The normalized spacial score (nSPS) is 14.6. The van der Waals surface area contributed by atoms with Crippen molar-refractivity contribution in [2.24, 2.45) is 0 Å². The Hall–Kier alpha value is -1.94. The summed E-state index contributed by atoms with van der Waals surface area (Å²) in [6.07, 6.45) is -1.54. The molecule has 0 saturated carbocycles. The number of fused-ring (bicyclic) bond motifs is 2. The van der Waals surface area contributed by atoms with Gasteiger partial charge in [0.2, 0.25) is 0 Å². The van der Waals surface area contributed by atoms with Crippen molar-refractivity contribution in [2.75, 3.05) is 0 Å². The van der Waals surface area contributed by atoms with Gasteiger partial charge in [0.15, 0.2) is 17.0 Å². The SMILES string of the molecule is O=C([O-])c1cc(=O)c2c(Cc3cccc4c3C(=O)CC(C(=O)[O-])O4)cccc2o1.[Na+].[Na+]. The van der Waals surface area contributed by atoms with Gasteiger partial charge in [0.05, 0.1) is 23.3 Å². The summed E-state index contributed by atoms with van der Waals surface area (Å²) in [6.45, 7) is 0. The Morgan fingerprint density at radius 1 is 1.00 bits per heavy atom. The van der Waals surface area contributed by atoms with Gasteiger partial charge in [0.1, 0.15) is 23.4 Å². The number of ether oxygens (including phenoxy) is 1. The van der Waals surface area contributed by atoms with Gasteiger partial charge < -0.3 is 29.0 Å². The zero-order chi connectivity index (χ0) is 20.7. The van der Waals surface area contributed by atoms with E-state index < -0.39 is 35.0 Å². The molecule has 0 aliphatic carbocycles. The fraction of sp³-hybridized carbons (Fsp3) is 0.143. The van der Waals surface area contributed by atoms with Crippen LogP contribution >= 0.6 is 0 Å². The molecule has 0 fully saturated rings. The molecule has 4 rings (SSSR count). The molecule has 10 heteroatoms. The topological polar surface area (TPSA) is 137 Å². The zero-order valence-electron chi connectivity index (χ0n) is 16.8. The Labute approximate surface area is 219 Å². The van der Waals surface area contributed by atoms with Crippen molar-refractivity contribution < 1.29 is 92.9 Å². The molecule has 31 heavy (non-hydrogen) atoms.